The third-order valence-electron chi connectivity index (χ3n) is 3.46. The van der Waals surface area contributed by atoms with Crippen molar-refractivity contribution in [2.75, 3.05) is 26.2 Å². The minimum Gasteiger partial charge on any atom is -0.353 e. The Labute approximate surface area is 124 Å². The first-order valence-corrected chi connectivity index (χ1v) is 7.08. The number of aryl methyl sites for hydroxylation is 1. The molecule has 0 bridgehead atoms. The smallest absolute Gasteiger partial charge is 0.312 e. The predicted molar refractivity (Wildman–Crippen MR) is 79.2 cm³/mol. The fourth-order valence-electron chi connectivity index (χ4n) is 2.19. The molecule has 0 aliphatic carbocycles. The van der Waals surface area contributed by atoms with Crippen molar-refractivity contribution >= 4 is 11.6 Å². The summed E-state index contributed by atoms with van der Waals surface area (Å²) in [5.41, 5.74) is 0.704. The van der Waals surface area contributed by atoms with Gasteiger partial charge in [-0.05, 0) is 26.9 Å². The van der Waals surface area contributed by atoms with Crippen molar-refractivity contribution in [2.45, 2.75) is 34.2 Å². The van der Waals surface area contributed by atoms with E-state index in [-0.39, 0.29) is 18.1 Å². The van der Waals surface area contributed by atoms with Crippen LogP contribution >= 0.6 is 0 Å². The Morgan fingerprint density at radius 1 is 1.38 bits per heavy atom. The van der Waals surface area contributed by atoms with E-state index in [1.54, 1.807) is 13.8 Å². The van der Waals surface area contributed by atoms with Gasteiger partial charge in [-0.3, -0.25) is 19.6 Å². The van der Waals surface area contributed by atoms with Gasteiger partial charge in [0.2, 0.25) is 5.91 Å². The minimum absolute atomic E-state index is 0.00123. The summed E-state index contributed by atoms with van der Waals surface area (Å²) in [4.78, 5) is 24.5. The lowest BCUT2D eigenvalue weighted by Crippen LogP contribution is -2.36. The maximum Gasteiger partial charge on any atom is 0.312 e. The Bertz CT molecular complexity index is 508. The maximum absolute atomic E-state index is 11.9. The molecule has 0 aliphatic rings. The molecule has 1 N–H and O–H groups in total. The van der Waals surface area contributed by atoms with Crippen LogP contribution in [0, 0.1) is 24.0 Å². The monoisotopic (exact) mass is 297 g/mol. The summed E-state index contributed by atoms with van der Waals surface area (Å²) in [5.74, 6) is -0.192. The van der Waals surface area contributed by atoms with Crippen LogP contribution < -0.4 is 5.32 Å². The van der Waals surface area contributed by atoms with Gasteiger partial charge in [-0.2, -0.15) is 5.10 Å². The van der Waals surface area contributed by atoms with E-state index in [0.717, 1.165) is 19.6 Å². The lowest BCUT2D eigenvalue weighted by molar-refractivity contribution is -0.386. The van der Waals surface area contributed by atoms with Crippen LogP contribution in [0.5, 0.6) is 0 Å². The Morgan fingerprint density at radius 2 is 2.00 bits per heavy atom. The van der Waals surface area contributed by atoms with Gasteiger partial charge in [-0.1, -0.05) is 13.8 Å². The summed E-state index contributed by atoms with van der Waals surface area (Å²) >= 11 is 0. The Kier molecular flexibility index (Phi) is 6.29. The predicted octanol–water partition coefficient (Wildman–Crippen LogP) is 0.866. The van der Waals surface area contributed by atoms with Crippen LogP contribution in [0.15, 0.2) is 0 Å². The molecular formula is C13H23N5O3. The first kappa shape index (κ1) is 17.1. The van der Waals surface area contributed by atoms with E-state index < -0.39 is 4.92 Å². The van der Waals surface area contributed by atoms with Gasteiger partial charge < -0.3 is 10.2 Å². The van der Waals surface area contributed by atoms with Gasteiger partial charge in [0.15, 0.2) is 0 Å². The van der Waals surface area contributed by atoms with E-state index in [1.807, 2.05) is 0 Å². The number of likely N-dealkylation sites (N-methyl/N-ethyl adjacent to an activating group) is 1. The van der Waals surface area contributed by atoms with Crippen molar-refractivity contribution in [3.63, 3.8) is 0 Å². The molecule has 1 rings (SSSR count). The number of aromatic nitrogens is 2. The second kappa shape index (κ2) is 7.72. The third-order valence-corrected chi connectivity index (χ3v) is 3.46. The van der Waals surface area contributed by atoms with Gasteiger partial charge >= 0.3 is 5.69 Å². The zero-order valence-corrected chi connectivity index (χ0v) is 13.0. The van der Waals surface area contributed by atoms with Crippen molar-refractivity contribution in [2.24, 2.45) is 0 Å². The van der Waals surface area contributed by atoms with Crippen LogP contribution in [0.1, 0.15) is 25.2 Å². The molecule has 0 radical (unpaired) electrons. The highest BCUT2D eigenvalue weighted by Crippen LogP contribution is 2.21. The van der Waals surface area contributed by atoms with Gasteiger partial charge in [0.1, 0.15) is 17.9 Å². The van der Waals surface area contributed by atoms with Crippen LogP contribution in [-0.2, 0) is 11.3 Å². The van der Waals surface area contributed by atoms with Crippen molar-refractivity contribution in [1.29, 1.82) is 0 Å². The third kappa shape index (κ3) is 4.52. The summed E-state index contributed by atoms with van der Waals surface area (Å²) in [6, 6.07) is 0. The molecule has 0 saturated heterocycles. The summed E-state index contributed by atoms with van der Waals surface area (Å²) in [7, 11) is 0. The molecule has 0 aliphatic heterocycles. The zero-order chi connectivity index (χ0) is 16.0. The number of carbonyl (C=O) groups excluding carboxylic acids is 1. The fourth-order valence-corrected chi connectivity index (χ4v) is 2.19. The van der Waals surface area contributed by atoms with E-state index in [2.05, 4.69) is 29.2 Å². The molecule has 1 aromatic heterocycles. The summed E-state index contributed by atoms with van der Waals surface area (Å²) in [5, 5.41) is 17.8. The van der Waals surface area contributed by atoms with E-state index >= 15 is 0 Å². The highest BCUT2D eigenvalue weighted by molar-refractivity contribution is 5.75. The topological polar surface area (TPSA) is 93.3 Å². The molecule has 1 amide bonds. The number of nitro groups is 1. The lowest BCUT2D eigenvalue weighted by Gasteiger charge is -2.17. The number of carbonyl (C=O) groups is 1. The van der Waals surface area contributed by atoms with Gasteiger partial charge in [-0.15, -0.1) is 0 Å². The van der Waals surface area contributed by atoms with Crippen LogP contribution in [0.2, 0.25) is 0 Å². The quantitative estimate of drug-likeness (QED) is 0.567. The molecule has 0 saturated carbocycles. The molecular weight excluding hydrogens is 274 g/mol. The van der Waals surface area contributed by atoms with Crippen LogP contribution in [0.4, 0.5) is 5.69 Å². The van der Waals surface area contributed by atoms with Crippen LogP contribution in [-0.4, -0.2) is 51.7 Å². The molecule has 8 nitrogen and oxygen atoms in total. The number of nitrogens with zero attached hydrogens (tertiary/aromatic N) is 4. The van der Waals surface area contributed by atoms with Gasteiger partial charge in [0.25, 0.3) is 0 Å². The van der Waals surface area contributed by atoms with Crippen LogP contribution in [0.25, 0.3) is 0 Å². The van der Waals surface area contributed by atoms with Gasteiger partial charge in [-0.25, -0.2) is 0 Å². The number of rotatable bonds is 8. The molecule has 8 heteroatoms. The minimum atomic E-state index is -0.466. The van der Waals surface area contributed by atoms with E-state index in [1.165, 1.54) is 4.68 Å². The van der Waals surface area contributed by atoms with Gasteiger partial charge in [0.05, 0.1) is 4.92 Å². The molecule has 118 valence electrons. The molecule has 0 unspecified atom stereocenters. The molecule has 1 heterocycles. The zero-order valence-electron chi connectivity index (χ0n) is 13.0. The van der Waals surface area contributed by atoms with E-state index in [9.17, 15) is 14.9 Å². The summed E-state index contributed by atoms with van der Waals surface area (Å²) in [6.45, 7) is 10.5. The average molecular weight is 297 g/mol. The normalized spacial score (nSPS) is 10.9. The standard InChI is InChI=1S/C13H23N5O3/c1-5-16(6-2)8-7-14-12(19)9-17-11(4)13(18(20)21)10(3)15-17/h5-9H2,1-4H3,(H,14,19). The number of hydrogen-bond donors (Lipinski definition) is 1. The highest BCUT2D eigenvalue weighted by Gasteiger charge is 2.22. The first-order valence-electron chi connectivity index (χ1n) is 7.08. The van der Waals surface area contributed by atoms with Crippen molar-refractivity contribution < 1.29 is 9.72 Å². The van der Waals surface area contributed by atoms with E-state index in [4.69, 9.17) is 0 Å². The average Bonchev–Trinajstić information content (AvgIpc) is 2.69. The fraction of sp³-hybridized carbons (Fsp3) is 0.692. The van der Waals surface area contributed by atoms with Crippen LogP contribution in [0.3, 0.4) is 0 Å². The SMILES string of the molecule is CCN(CC)CCNC(=O)Cn1nc(C)c([N+](=O)[O-])c1C. The molecule has 0 spiro atoms. The highest BCUT2D eigenvalue weighted by atomic mass is 16.6. The molecule has 1 aromatic rings. The number of amides is 1. The van der Waals surface area contributed by atoms with E-state index in [0.29, 0.717) is 17.9 Å². The van der Waals surface area contributed by atoms with Crippen molar-refractivity contribution in [3.05, 3.63) is 21.5 Å². The molecule has 0 atom stereocenters. The number of nitrogens with one attached hydrogen (secondary N) is 1. The second-order valence-corrected chi connectivity index (χ2v) is 4.81. The largest absolute Gasteiger partial charge is 0.353 e. The Balaban J connectivity index is 2.56. The lowest BCUT2D eigenvalue weighted by atomic mass is 10.3. The molecule has 0 fully saturated rings. The van der Waals surface area contributed by atoms with Crippen molar-refractivity contribution in [3.8, 4) is 0 Å². The molecule has 21 heavy (non-hydrogen) atoms. The Morgan fingerprint density at radius 3 is 2.48 bits per heavy atom. The maximum atomic E-state index is 11.9. The van der Waals surface area contributed by atoms with Crippen molar-refractivity contribution in [1.82, 2.24) is 20.0 Å². The second-order valence-electron chi connectivity index (χ2n) is 4.81. The van der Waals surface area contributed by atoms with Gasteiger partial charge in [0, 0.05) is 13.1 Å². The molecule has 0 aromatic carbocycles. The summed E-state index contributed by atoms with van der Waals surface area (Å²) in [6.07, 6.45) is 0. The first-order chi connectivity index (χ1) is 9.90. The summed E-state index contributed by atoms with van der Waals surface area (Å²) < 4.78 is 1.38. The Hall–Kier alpha value is -1.96. The number of hydrogen-bond acceptors (Lipinski definition) is 5.